The van der Waals surface area contributed by atoms with Gasteiger partial charge in [0.2, 0.25) is 0 Å². The summed E-state index contributed by atoms with van der Waals surface area (Å²) in [6.07, 6.45) is 6.03. The van der Waals surface area contributed by atoms with Crippen molar-refractivity contribution in [1.29, 1.82) is 0 Å². The van der Waals surface area contributed by atoms with E-state index >= 15 is 0 Å². The Hall–Kier alpha value is -2.45. The minimum Gasteiger partial charge on any atom is -0.355 e. The zero-order valence-electron chi connectivity index (χ0n) is 18.6. The van der Waals surface area contributed by atoms with Gasteiger partial charge in [-0.25, -0.2) is 9.50 Å². The van der Waals surface area contributed by atoms with Crippen molar-refractivity contribution >= 4 is 33.3 Å². The van der Waals surface area contributed by atoms with Crippen molar-refractivity contribution in [3.8, 4) is 0 Å². The topological polar surface area (TPSA) is 79.8 Å². The first-order chi connectivity index (χ1) is 15.4. The first-order valence-electron chi connectivity index (χ1n) is 11.4. The van der Waals surface area contributed by atoms with Crippen molar-refractivity contribution < 1.29 is 4.79 Å². The number of likely N-dealkylation sites (tertiary alicyclic amines) is 1. The maximum absolute atomic E-state index is 13.5. The van der Waals surface area contributed by atoms with Gasteiger partial charge in [0.15, 0.2) is 5.65 Å². The SMILES string of the molecule is Cc1ccc(Br)c(C(=O)N2CCCC[C@H]2c2cc3nc(N4CC[C@H](N)C4)c(C)cn3n2)c1. The molecule has 2 aliphatic rings. The summed E-state index contributed by atoms with van der Waals surface area (Å²) < 4.78 is 2.68. The van der Waals surface area contributed by atoms with E-state index in [4.69, 9.17) is 15.8 Å². The van der Waals surface area contributed by atoms with E-state index in [1.165, 1.54) is 0 Å². The Bertz CT molecular complexity index is 1170. The second kappa shape index (κ2) is 8.48. The number of hydrogen-bond donors (Lipinski definition) is 1. The van der Waals surface area contributed by atoms with Crippen LogP contribution in [-0.4, -0.2) is 51.1 Å². The lowest BCUT2D eigenvalue weighted by Crippen LogP contribution is -2.38. The van der Waals surface area contributed by atoms with Gasteiger partial charge < -0.3 is 15.5 Å². The number of amides is 1. The molecule has 1 aromatic carbocycles. The van der Waals surface area contributed by atoms with Crippen LogP contribution in [0.3, 0.4) is 0 Å². The van der Waals surface area contributed by atoms with Gasteiger partial charge in [0.1, 0.15) is 5.82 Å². The van der Waals surface area contributed by atoms with Crippen molar-refractivity contribution in [3.63, 3.8) is 0 Å². The number of carbonyl (C=O) groups is 1. The van der Waals surface area contributed by atoms with Crippen LogP contribution in [0, 0.1) is 13.8 Å². The highest BCUT2D eigenvalue weighted by molar-refractivity contribution is 9.10. The number of fused-ring (bicyclic) bond motifs is 1. The minimum absolute atomic E-state index is 0.0469. The molecule has 2 saturated heterocycles. The van der Waals surface area contributed by atoms with Gasteiger partial charge in [-0.05, 0) is 67.6 Å². The molecule has 3 aromatic rings. The lowest BCUT2D eigenvalue weighted by molar-refractivity contribution is 0.0604. The molecule has 2 aromatic heterocycles. The van der Waals surface area contributed by atoms with Crippen molar-refractivity contribution in [1.82, 2.24) is 19.5 Å². The largest absolute Gasteiger partial charge is 0.355 e. The van der Waals surface area contributed by atoms with Crippen molar-refractivity contribution in [2.75, 3.05) is 24.5 Å². The fourth-order valence-corrected chi connectivity index (χ4v) is 5.34. The summed E-state index contributed by atoms with van der Waals surface area (Å²) in [5.74, 6) is 1.04. The average molecular weight is 497 g/mol. The number of anilines is 1. The number of aromatic nitrogens is 3. The van der Waals surface area contributed by atoms with Crippen LogP contribution in [0.15, 0.2) is 34.9 Å². The normalized spacial score (nSPS) is 21.5. The molecule has 8 heteroatoms. The maximum atomic E-state index is 13.5. The van der Waals surface area contributed by atoms with Crippen LogP contribution in [0.4, 0.5) is 5.82 Å². The fourth-order valence-electron chi connectivity index (χ4n) is 4.92. The Balaban J connectivity index is 1.48. The average Bonchev–Trinajstić information content (AvgIpc) is 3.40. The Morgan fingerprint density at radius 1 is 1.16 bits per heavy atom. The highest BCUT2D eigenvalue weighted by Gasteiger charge is 2.32. The molecule has 0 spiro atoms. The molecule has 32 heavy (non-hydrogen) atoms. The maximum Gasteiger partial charge on any atom is 0.255 e. The number of hydrogen-bond acceptors (Lipinski definition) is 5. The number of nitrogens with zero attached hydrogens (tertiary/aromatic N) is 5. The zero-order valence-corrected chi connectivity index (χ0v) is 20.2. The van der Waals surface area contributed by atoms with Gasteiger partial charge in [-0.15, -0.1) is 0 Å². The molecule has 0 radical (unpaired) electrons. The molecule has 4 heterocycles. The lowest BCUT2D eigenvalue weighted by atomic mass is 9.98. The van der Waals surface area contributed by atoms with E-state index in [9.17, 15) is 4.79 Å². The Morgan fingerprint density at radius 2 is 2.00 bits per heavy atom. The molecule has 0 unspecified atom stereocenters. The molecule has 2 aliphatic heterocycles. The van der Waals surface area contributed by atoms with Crippen LogP contribution in [0.1, 0.15) is 58.9 Å². The van der Waals surface area contributed by atoms with Crippen LogP contribution in [0.2, 0.25) is 0 Å². The summed E-state index contributed by atoms with van der Waals surface area (Å²) in [7, 11) is 0. The summed E-state index contributed by atoms with van der Waals surface area (Å²) >= 11 is 3.56. The van der Waals surface area contributed by atoms with Gasteiger partial charge in [0.05, 0.1) is 17.3 Å². The number of aryl methyl sites for hydroxylation is 2. The predicted octanol–water partition coefficient (Wildman–Crippen LogP) is 4.01. The molecule has 2 fully saturated rings. The third-order valence-corrected chi connectivity index (χ3v) is 7.30. The molecular weight excluding hydrogens is 468 g/mol. The van der Waals surface area contributed by atoms with E-state index in [2.05, 4.69) is 27.8 Å². The van der Waals surface area contributed by atoms with Gasteiger partial charge in [-0.2, -0.15) is 5.10 Å². The second-order valence-electron chi connectivity index (χ2n) is 9.11. The van der Waals surface area contributed by atoms with Gasteiger partial charge in [0, 0.05) is 48.0 Å². The number of carbonyl (C=O) groups excluding carboxylic acids is 1. The van der Waals surface area contributed by atoms with Crippen LogP contribution < -0.4 is 10.6 Å². The van der Waals surface area contributed by atoms with Gasteiger partial charge in [-0.3, -0.25) is 4.79 Å². The van der Waals surface area contributed by atoms with Gasteiger partial charge >= 0.3 is 0 Å². The van der Waals surface area contributed by atoms with Crippen molar-refractivity contribution in [2.45, 2.75) is 51.6 Å². The van der Waals surface area contributed by atoms with E-state index in [0.29, 0.717) is 5.56 Å². The molecule has 2 N–H and O–H groups in total. The van der Waals surface area contributed by atoms with Crippen LogP contribution in [0.25, 0.3) is 5.65 Å². The van der Waals surface area contributed by atoms with Gasteiger partial charge in [0.25, 0.3) is 5.91 Å². The molecule has 7 nitrogen and oxygen atoms in total. The van der Waals surface area contributed by atoms with Crippen LogP contribution in [-0.2, 0) is 0 Å². The molecular formula is C24H29BrN6O. The Kier molecular flexibility index (Phi) is 5.67. The molecule has 2 atom stereocenters. The first-order valence-corrected chi connectivity index (χ1v) is 12.1. The van der Waals surface area contributed by atoms with E-state index < -0.39 is 0 Å². The van der Waals surface area contributed by atoms with E-state index in [-0.39, 0.29) is 18.0 Å². The van der Waals surface area contributed by atoms with Gasteiger partial charge in [-0.1, -0.05) is 11.6 Å². The third-order valence-electron chi connectivity index (χ3n) is 6.61. The third kappa shape index (κ3) is 3.90. The minimum atomic E-state index is -0.0469. The first kappa shape index (κ1) is 21.4. The smallest absolute Gasteiger partial charge is 0.255 e. The molecule has 0 aliphatic carbocycles. The highest BCUT2D eigenvalue weighted by atomic mass is 79.9. The Morgan fingerprint density at radius 3 is 2.78 bits per heavy atom. The predicted molar refractivity (Wildman–Crippen MR) is 129 cm³/mol. The summed E-state index contributed by atoms with van der Waals surface area (Å²) in [4.78, 5) is 22.7. The van der Waals surface area contributed by atoms with E-state index in [0.717, 1.165) is 78.1 Å². The number of piperidine rings is 1. The van der Waals surface area contributed by atoms with E-state index in [1.54, 1.807) is 0 Å². The molecule has 0 saturated carbocycles. The molecule has 1 amide bonds. The number of nitrogens with two attached hydrogens (primary N) is 1. The van der Waals surface area contributed by atoms with Crippen molar-refractivity contribution in [3.05, 3.63) is 57.3 Å². The fraction of sp³-hybridized carbons (Fsp3) is 0.458. The summed E-state index contributed by atoms with van der Waals surface area (Å²) in [5, 5.41) is 4.85. The van der Waals surface area contributed by atoms with Crippen LogP contribution >= 0.6 is 15.9 Å². The lowest BCUT2D eigenvalue weighted by Gasteiger charge is -2.35. The second-order valence-corrected chi connectivity index (χ2v) is 9.96. The van der Waals surface area contributed by atoms with Crippen LogP contribution in [0.5, 0.6) is 0 Å². The quantitative estimate of drug-likeness (QED) is 0.592. The zero-order chi connectivity index (χ0) is 22.4. The molecule has 0 bridgehead atoms. The number of halogens is 1. The molecule has 168 valence electrons. The summed E-state index contributed by atoms with van der Waals surface area (Å²) in [6.45, 7) is 6.58. The summed E-state index contributed by atoms with van der Waals surface area (Å²) in [6, 6.07) is 8.12. The standard InChI is InChI=1S/C24H29BrN6O/c1-15-6-7-19(25)18(11-15)24(32)30-9-4-3-5-21(30)20-12-22-27-23(16(2)13-31(22)28-20)29-10-8-17(26)14-29/h6-7,11-13,17,21H,3-5,8-10,14,26H2,1-2H3/t17-,21-/m0/s1. The monoisotopic (exact) mass is 496 g/mol. The number of rotatable bonds is 3. The Labute approximate surface area is 196 Å². The van der Waals surface area contributed by atoms with E-state index in [1.807, 2.05) is 46.8 Å². The molecule has 5 rings (SSSR count). The number of benzene rings is 1. The van der Waals surface area contributed by atoms with Crippen molar-refractivity contribution in [2.24, 2.45) is 5.73 Å². The summed E-state index contributed by atoms with van der Waals surface area (Å²) in [5.41, 5.74) is 10.7. The highest BCUT2D eigenvalue weighted by Crippen LogP contribution is 2.34.